The Bertz CT molecular complexity index is 491. The Hall–Kier alpha value is -1.64. The van der Waals surface area contributed by atoms with Gasteiger partial charge in [-0.2, -0.15) is 0 Å². The van der Waals surface area contributed by atoms with Gasteiger partial charge in [-0.1, -0.05) is 68.4 Å². The first-order valence-electron chi connectivity index (χ1n) is 7.23. The van der Waals surface area contributed by atoms with Crippen molar-refractivity contribution in [3.8, 4) is 0 Å². The molecule has 0 aliphatic carbocycles. The molecule has 1 N–H and O–H groups in total. The molecule has 0 saturated carbocycles. The molecule has 0 aliphatic rings. The molecule has 0 aromatic heterocycles. The highest BCUT2D eigenvalue weighted by Gasteiger charge is 1.99. The quantitative estimate of drug-likeness (QED) is 0.604. The monoisotopic (exact) mass is 269 g/mol. The molecule has 2 heteroatoms. The van der Waals surface area contributed by atoms with E-state index in [9.17, 15) is 0 Å². The third kappa shape index (κ3) is 4.80. The Morgan fingerprint density at radius 2 is 1.60 bits per heavy atom. The summed E-state index contributed by atoms with van der Waals surface area (Å²) in [6.45, 7) is 5.86. The van der Waals surface area contributed by atoms with Crippen molar-refractivity contribution in [3.05, 3.63) is 71.3 Å². The number of hydrogen-bond donors (Lipinski definition) is 1. The van der Waals surface area contributed by atoms with Crippen LogP contribution < -0.4 is 5.48 Å². The lowest BCUT2D eigenvalue weighted by molar-refractivity contribution is 0.0288. The van der Waals surface area contributed by atoms with Crippen LogP contribution in [0.2, 0.25) is 0 Å². The molecule has 0 heterocycles. The summed E-state index contributed by atoms with van der Waals surface area (Å²) in [7, 11) is 0. The first-order chi connectivity index (χ1) is 9.75. The van der Waals surface area contributed by atoms with Gasteiger partial charge in [0.05, 0.1) is 6.61 Å². The molecule has 2 aromatic carbocycles. The number of benzene rings is 2. The minimum Gasteiger partial charge on any atom is -0.297 e. The van der Waals surface area contributed by atoms with E-state index >= 15 is 0 Å². The molecular formula is C18H23NO. The number of hydrogen-bond acceptors (Lipinski definition) is 2. The molecule has 106 valence electrons. The van der Waals surface area contributed by atoms with Gasteiger partial charge in [0.15, 0.2) is 0 Å². The normalized spacial score (nSPS) is 10.9. The lowest BCUT2D eigenvalue weighted by Crippen LogP contribution is -2.17. The molecule has 20 heavy (non-hydrogen) atoms. The van der Waals surface area contributed by atoms with E-state index in [1.165, 1.54) is 16.7 Å². The molecule has 0 unspecified atom stereocenters. The van der Waals surface area contributed by atoms with Crippen molar-refractivity contribution < 1.29 is 4.84 Å². The van der Waals surface area contributed by atoms with E-state index in [1.54, 1.807) is 0 Å². The van der Waals surface area contributed by atoms with Crippen LogP contribution in [0.3, 0.4) is 0 Å². The summed E-state index contributed by atoms with van der Waals surface area (Å²) in [4.78, 5) is 5.45. The topological polar surface area (TPSA) is 21.3 Å². The van der Waals surface area contributed by atoms with Crippen molar-refractivity contribution in [1.82, 2.24) is 5.48 Å². The molecule has 0 atom stereocenters. The van der Waals surface area contributed by atoms with Gasteiger partial charge < -0.3 is 0 Å². The van der Waals surface area contributed by atoms with Gasteiger partial charge >= 0.3 is 0 Å². The summed E-state index contributed by atoms with van der Waals surface area (Å²) in [5.41, 5.74) is 6.93. The highest BCUT2D eigenvalue weighted by Crippen LogP contribution is 2.14. The lowest BCUT2D eigenvalue weighted by Gasteiger charge is -2.08. The SMILES string of the molecule is CC(C)c1ccc(CCNOCc2ccccc2)cc1. The molecule has 0 spiro atoms. The fourth-order valence-electron chi connectivity index (χ4n) is 2.05. The first kappa shape index (κ1) is 14.8. The number of rotatable bonds is 7. The van der Waals surface area contributed by atoms with Crippen molar-refractivity contribution in [1.29, 1.82) is 0 Å². The van der Waals surface area contributed by atoms with E-state index in [4.69, 9.17) is 4.84 Å². The summed E-state index contributed by atoms with van der Waals surface area (Å²) < 4.78 is 0. The summed E-state index contributed by atoms with van der Waals surface area (Å²) in [6.07, 6.45) is 0.979. The zero-order chi connectivity index (χ0) is 14.2. The standard InChI is InChI=1S/C18H23NO/c1-15(2)18-10-8-16(9-11-18)12-13-19-20-14-17-6-4-3-5-7-17/h3-11,15,19H,12-14H2,1-2H3. The molecule has 0 radical (unpaired) electrons. The van der Waals surface area contributed by atoms with Crippen molar-refractivity contribution in [2.75, 3.05) is 6.54 Å². The van der Waals surface area contributed by atoms with Gasteiger partial charge in [-0.05, 0) is 29.0 Å². The summed E-state index contributed by atoms with van der Waals surface area (Å²) in [6, 6.07) is 19.0. The number of hydroxylamine groups is 1. The smallest absolute Gasteiger partial charge is 0.0933 e. The zero-order valence-corrected chi connectivity index (χ0v) is 12.3. The van der Waals surface area contributed by atoms with Crippen LogP contribution in [0, 0.1) is 0 Å². The minimum absolute atomic E-state index is 0.594. The molecule has 0 saturated heterocycles. The van der Waals surface area contributed by atoms with E-state index in [2.05, 4.69) is 55.7 Å². The molecule has 0 amide bonds. The zero-order valence-electron chi connectivity index (χ0n) is 12.3. The van der Waals surface area contributed by atoms with Crippen LogP contribution >= 0.6 is 0 Å². The summed E-state index contributed by atoms with van der Waals surface area (Å²) in [5.74, 6) is 0.594. The summed E-state index contributed by atoms with van der Waals surface area (Å²) in [5, 5.41) is 0. The van der Waals surface area contributed by atoms with Crippen molar-refractivity contribution in [2.24, 2.45) is 0 Å². The maximum absolute atomic E-state index is 5.45. The van der Waals surface area contributed by atoms with Gasteiger partial charge in [0, 0.05) is 6.54 Å². The van der Waals surface area contributed by atoms with Gasteiger partial charge in [-0.3, -0.25) is 4.84 Å². The van der Waals surface area contributed by atoms with Crippen LogP contribution in [0.1, 0.15) is 36.5 Å². The Kier molecular flexibility index (Phi) is 5.78. The van der Waals surface area contributed by atoms with Crippen LogP contribution in [-0.4, -0.2) is 6.54 Å². The molecule has 2 rings (SSSR count). The predicted octanol–water partition coefficient (Wildman–Crippen LogP) is 4.07. The second-order valence-corrected chi connectivity index (χ2v) is 5.31. The lowest BCUT2D eigenvalue weighted by atomic mass is 10.0. The second-order valence-electron chi connectivity index (χ2n) is 5.31. The van der Waals surface area contributed by atoms with Crippen LogP contribution in [0.25, 0.3) is 0 Å². The third-order valence-corrected chi connectivity index (χ3v) is 3.35. The second kappa shape index (κ2) is 7.83. The Balaban J connectivity index is 1.66. The molecule has 0 bridgehead atoms. The molecule has 0 fully saturated rings. The van der Waals surface area contributed by atoms with Crippen molar-refractivity contribution in [2.45, 2.75) is 32.8 Å². The molecule has 0 aliphatic heterocycles. The van der Waals surface area contributed by atoms with E-state index in [1.807, 2.05) is 18.2 Å². The van der Waals surface area contributed by atoms with Gasteiger partial charge in [-0.25, -0.2) is 5.48 Å². The third-order valence-electron chi connectivity index (χ3n) is 3.35. The average Bonchev–Trinajstić information content (AvgIpc) is 2.48. The van der Waals surface area contributed by atoms with E-state index in [-0.39, 0.29) is 0 Å². The van der Waals surface area contributed by atoms with Crippen molar-refractivity contribution in [3.63, 3.8) is 0 Å². The molecular weight excluding hydrogens is 246 g/mol. The van der Waals surface area contributed by atoms with Crippen LogP contribution in [0.5, 0.6) is 0 Å². The Labute approximate surface area is 121 Å². The van der Waals surface area contributed by atoms with Crippen LogP contribution in [0.4, 0.5) is 0 Å². The highest BCUT2D eigenvalue weighted by atomic mass is 16.6. The maximum atomic E-state index is 5.45. The fourth-order valence-corrected chi connectivity index (χ4v) is 2.05. The Morgan fingerprint density at radius 3 is 2.25 bits per heavy atom. The molecule has 2 aromatic rings. The fraction of sp³-hybridized carbons (Fsp3) is 0.333. The summed E-state index contributed by atoms with van der Waals surface area (Å²) >= 11 is 0. The van der Waals surface area contributed by atoms with Gasteiger partial charge in [0.1, 0.15) is 0 Å². The van der Waals surface area contributed by atoms with Gasteiger partial charge in [-0.15, -0.1) is 0 Å². The van der Waals surface area contributed by atoms with Crippen molar-refractivity contribution >= 4 is 0 Å². The van der Waals surface area contributed by atoms with E-state index in [0.29, 0.717) is 12.5 Å². The van der Waals surface area contributed by atoms with E-state index in [0.717, 1.165) is 13.0 Å². The van der Waals surface area contributed by atoms with E-state index < -0.39 is 0 Å². The van der Waals surface area contributed by atoms with Crippen LogP contribution in [0.15, 0.2) is 54.6 Å². The van der Waals surface area contributed by atoms with Gasteiger partial charge in [0.2, 0.25) is 0 Å². The predicted molar refractivity (Wildman–Crippen MR) is 83.5 cm³/mol. The molecule has 2 nitrogen and oxygen atoms in total. The minimum atomic E-state index is 0.594. The highest BCUT2D eigenvalue weighted by molar-refractivity contribution is 5.24. The van der Waals surface area contributed by atoms with Crippen LogP contribution in [-0.2, 0) is 17.9 Å². The Morgan fingerprint density at radius 1 is 0.900 bits per heavy atom. The largest absolute Gasteiger partial charge is 0.297 e. The maximum Gasteiger partial charge on any atom is 0.0933 e. The first-order valence-corrected chi connectivity index (χ1v) is 7.23. The van der Waals surface area contributed by atoms with Gasteiger partial charge in [0.25, 0.3) is 0 Å². The number of nitrogens with one attached hydrogen (secondary N) is 1. The average molecular weight is 269 g/mol.